The van der Waals surface area contributed by atoms with Crippen LogP contribution in [0.25, 0.3) is 10.8 Å². The Labute approximate surface area is 87.7 Å². The van der Waals surface area contributed by atoms with Crippen molar-refractivity contribution >= 4 is 16.7 Å². The number of esters is 1. The number of nitrogens with zero attached hydrogens (tertiary/aromatic N) is 1. The minimum absolute atomic E-state index is 0.223. The Morgan fingerprint density at radius 2 is 2.27 bits per heavy atom. The van der Waals surface area contributed by atoms with E-state index in [1.807, 2.05) is 18.2 Å². The van der Waals surface area contributed by atoms with E-state index in [-0.39, 0.29) is 5.97 Å². The number of aromatic nitrogens is 1. The van der Waals surface area contributed by atoms with Gasteiger partial charge in [0.1, 0.15) is 5.75 Å². The summed E-state index contributed by atoms with van der Waals surface area (Å²) in [6.07, 6.45) is 3.81. The van der Waals surface area contributed by atoms with E-state index >= 15 is 0 Å². The normalized spacial score (nSPS) is 10.2. The quantitative estimate of drug-likeness (QED) is 0.553. The Kier molecular flexibility index (Phi) is 2.63. The summed E-state index contributed by atoms with van der Waals surface area (Å²) in [5.41, 5.74) is 0. The first kappa shape index (κ1) is 9.65. The molecule has 0 atom stereocenters. The van der Waals surface area contributed by atoms with E-state index in [4.69, 9.17) is 4.74 Å². The van der Waals surface area contributed by atoms with Crippen molar-refractivity contribution in [2.24, 2.45) is 0 Å². The third-order valence-corrected chi connectivity index (χ3v) is 2.15. The summed E-state index contributed by atoms with van der Waals surface area (Å²) in [5, 5.41) is 1.88. The van der Waals surface area contributed by atoms with Crippen molar-refractivity contribution in [1.29, 1.82) is 0 Å². The molecule has 0 bridgehead atoms. The summed E-state index contributed by atoms with van der Waals surface area (Å²) < 4.78 is 5.21. The van der Waals surface area contributed by atoms with Crippen molar-refractivity contribution in [2.75, 3.05) is 0 Å². The number of hydrogen-bond acceptors (Lipinski definition) is 3. The van der Waals surface area contributed by atoms with E-state index in [0.29, 0.717) is 12.2 Å². The second-order valence-corrected chi connectivity index (χ2v) is 3.18. The van der Waals surface area contributed by atoms with Gasteiger partial charge in [0.25, 0.3) is 0 Å². The third kappa shape index (κ3) is 1.96. The molecule has 0 N–H and O–H groups in total. The lowest BCUT2D eigenvalue weighted by molar-refractivity contribution is -0.133. The maximum atomic E-state index is 11.2. The van der Waals surface area contributed by atoms with Gasteiger partial charge in [-0.2, -0.15) is 0 Å². The highest BCUT2D eigenvalue weighted by Gasteiger charge is 2.05. The molecule has 0 radical (unpaired) electrons. The number of benzene rings is 1. The molecule has 0 fully saturated rings. The molecule has 2 aromatic rings. The summed E-state index contributed by atoms with van der Waals surface area (Å²) in [4.78, 5) is 15.2. The van der Waals surface area contributed by atoms with Gasteiger partial charge in [-0.25, -0.2) is 0 Å². The Bertz CT molecular complexity index is 488. The van der Waals surface area contributed by atoms with Gasteiger partial charge in [0.2, 0.25) is 0 Å². The first-order chi connectivity index (χ1) is 7.31. The van der Waals surface area contributed by atoms with Crippen LogP contribution in [0.3, 0.4) is 0 Å². The van der Waals surface area contributed by atoms with Gasteiger partial charge < -0.3 is 4.74 Å². The topological polar surface area (TPSA) is 39.2 Å². The number of pyridine rings is 1. The smallest absolute Gasteiger partial charge is 0.310 e. The molecule has 0 amide bonds. The van der Waals surface area contributed by atoms with Crippen molar-refractivity contribution in [3.8, 4) is 5.75 Å². The van der Waals surface area contributed by atoms with Gasteiger partial charge in [-0.05, 0) is 12.1 Å². The number of carbonyl (C=O) groups excluding carboxylic acids is 1. The fraction of sp³-hybridized carbons (Fsp3) is 0.167. The highest BCUT2D eigenvalue weighted by Crippen LogP contribution is 2.24. The highest BCUT2D eigenvalue weighted by molar-refractivity contribution is 5.89. The van der Waals surface area contributed by atoms with Crippen LogP contribution in [0.4, 0.5) is 0 Å². The van der Waals surface area contributed by atoms with Crippen LogP contribution < -0.4 is 4.74 Å². The summed E-state index contributed by atoms with van der Waals surface area (Å²) >= 11 is 0. The molecule has 1 heterocycles. The van der Waals surface area contributed by atoms with Crippen LogP contribution >= 0.6 is 0 Å². The Hall–Kier alpha value is -1.90. The molecule has 0 saturated heterocycles. The maximum absolute atomic E-state index is 11.2. The summed E-state index contributed by atoms with van der Waals surface area (Å²) in [6, 6.07) is 7.41. The lowest BCUT2D eigenvalue weighted by atomic mass is 10.1. The highest BCUT2D eigenvalue weighted by atomic mass is 16.5. The second-order valence-electron chi connectivity index (χ2n) is 3.18. The molecule has 0 unspecified atom stereocenters. The predicted molar refractivity (Wildman–Crippen MR) is 57.7 cm³/mol. The van der Waals surface area contributed by atoms with Crippen molar-refractivity contribution < 1.29 is 9.53 Å². The lowest BCUT2D eigenvalue weighted by Crippen LogP contribution is -2.05. The second kappa shape index (κ2) is 4.09. The summed E-state index contributed by atoms with van der Waals surface area (Å²) in [5.74, 6) is 0.376. The van der Waals surface area contributed by atoms with E-state index in [1.54, 1.807) is 25.4 Å². The molecule has 3 nitrogen and oxygen atoms in total. The fourth-order valence-electron chi connectivity index (χ4n) is 1.38. The van der Waals surface area contributed by atoms with Crippen LogP contribution in [0, 0.1) is 0 Å². The summed E-state index contributed by atoms with van der Waals surface area (Å²) in [6.45, 7) is 1.77. The number of rotatable bonds is 2. The number of hydrogen-bond donors (Lipinski definition) is 0. The Morgan fingerprint density at radius 1 is 1.40 bits per heavy atom. The molecule has 0 aliphatic heterocycles. The SMILES string of the molecule is CCC(=O)Oc1cccc2cnccc12. The summed E-state index contributed by atoms with van der Waals surface area (Å²) in [7, 11) is 0. The van der Waals surface area contributed by atoms with Gasteiger partial charge in [0.05, 0.1) is 0 Å². The van der Waals surface area contributed by atoms with Crippen LogP contribution in [0.2, 0.25) is 0 Å². The Morgan fingerprint density at radius 3 is 3.07 bits per heavy atom. The van der Waals surface area contributed by atoms with Gasteiger partial charge in [0, 0.05) is 29.6 Å². The zero-order valence-electron chi connectivity index (χ0n) is 8.43. The molecule has 1 aromatic heterocycles. The first-order valence-corrected chi connectivity index (χ1v) is 4.84. The first-order valence-electron chi connectivity index (χ1n) is 4.84. The molecule has 0 aliphatic carbocycles. The van der Waals surface area contributed by atoms with Crippen LogP contribution in [-0.2, 0) is 4.79 Å². The van der Waals surface area contributed by atoms with E-state index in [0.717, 1.165) is 10.8 Å². The van der Waals surface area contributed by atoms with E-state index in [2.05, 4.69) is 4.98 Å². The molecule has 15 heavy (non-hydrogen) atoms. The minimum Gasteiger partial charge on any atom is -0.426 e. The van der Waals surface area contributed by atoms with Crippen molar-refractivity contribution in [3.63, 3.8) is 0 Å². The average Bonchev–Trinajstić information content (AvgIpc) is 2.29. The van der Waals surface area contributed by atoms with E-state index < -0.39 is 0 Å². The van der Waals surface area contributed by atoms with Crippen LogP contribution in [-0.4, -0.2) is 11.0 Å². The van der Waals surface area contributed by atoms with Crippen LogP contribution in [0.5, 0.6) is 5.75 Å². The fourth-order valence-corrected chi connectivity index (χ4v) is 1.38. The standard InChI is InChI=1S/C12H11NO2/c1-2-12(14)15-11-5-3-4-9-8-13-7-6-10(9)11/h3-8H,2H2,1H3. The average molecular weight is 201 g/mol. The predicted octanol–water partition coefficient (Wildman–Crippen LogP) is 2.55. The number of carbonyl (C=O) groups is 1. The van der Waals surface area contributed by atoms with Gasteiger partial charge in [-0.15, -0.1) is 0 Å². The molecule has 76 valence electrons. The van der Waals surface area contributed by atoms with Gasteiger partial charge in [0.15, 0.2) is 0 Å². The van der Waals surface area contributed by atoms with Gasteiger partial charge >= 0.3 is 5.97 Å². The molecule has 0 spiro atoms. The zero-order valence-corrected chi connectivity index (χ0v) is 8.43. The number of fused-ring (bicyclic) bond motifs is 1. The zero-order chi connectivity index (χ0) is 10.7. The molecular formula is C12H11NO2. The van der Waals surface area contributed by atoms with Crippen molar-refractivity contribution in [2.45, 2.75) is 13.3 Å². The van der Waals surface area contributed by atoms with Crippen LogP contribution in [0.1, 0.15) is 13.3 Å². The van der Waals surface area contributed by atoms with E-state index in [9.17, 15) is 4.79 Å². The molecule has 3 heteroatoms. The van der Waals surface area contributed by atoms with Crippen molar-refractivity contribution in [1.82, 2.24) is 4.98 Å². The maximum Gasteiger partial charge on any atom is 0.310 e. The number of ether oxygens (including phenoxy) is 1. The largest absolute Gasteiger partial charge is 0.426 e. The van der Waals surface area contributed by atoms with E-state index in [1.165, 1.54) is 0 Å². The molecule has 0 saturated carbocycles. The molecule has 2 rings (SSSR count). The third-order valence-electron chi connectivity index (χ3n) is 2.15. The van der Waals surface area contributed by atoms with Gasteiger partial charge in [-0.1, -0.05) is 19.1 Å². The molecule has 0 aliphatic rings. The van der Waals surface area contributed by atoms with Crippen molar-refractivity contribution in [3.05, 3.63) is 36.7 Å². The lowest BCUT2D eigenvalue weighted by Gasteiger charge is -2.05. The van der Waals surface area contributed by atoms with Gasteiger partial charge in [-0.3, -0.25) is 9.78 Å². The van der Waals surface area contributed by atoms with Crippen LogP contribution in [0.15, 0.2) is 36.7 Å². The molecule has 1 aromatic carbocycles. The Balaban J connectivity index is 2.46. The monoisotopic (exact) mass is 201 g/mol. The molecular weight excluding hydrogens is 190 g/mol. The minimum atomic E-state index is -0.223.